The topological polar surface area (TPSA) is 152 Å². The minimum Gasteiger partial charge on any atom is -0.478 e. The smallest absolute Gasteiger partial charge is 0.328 e. The van der Waals surface area contributed by atoms with Crippen molar-refractivity contribution in [3.63, 3.8) is 0 Å². The highest BCUT2D eigenvalue weighted by Crippen LogP contribution is 2.34. The van der Waals surface area contributed by atoms with Crippen LogP contribution in [0.5, 0.6) is 0 Å². The number of nitrogens with two attached hydrogens (primary N) is 2. The Kier molecular flexibility index (Phi) is 10.9. The minimum atomic E-state index is -1.26. The highest BCUT2D eigenvalue weighted by atomic mass is 16.4. The number of anilines is 2. The molecule has 2 aliphatic carbocycles. The van der Waals surface area contributed by atoms with E-state index >= 15 is 0 Å². The number of pyridine rings is 2. The second-order valence-electron chi connectivity index (χ2n) is 11.5. The molecule has 0 unspecified atom stereocenters. The first-order valence-electron chi connectivity index (χ1n) is 15.1. The molecule has 6 N–H and O–H groups in total. The summed E-state index contributed by atoms with van der Waals surface area (Å²) in [6, 6.07) is 16.4. The average Bonchev–Trinajstić information content (AvgIpc) is 3.04. The summed E-state index contributed by atoms with van der Waals surface area (Å²) >= 11 is 0. The van der Waals surface area contributed by atoms with Crippen molar-refractivity contribution in [2.24, 2.45) is 0 Å². The van der Waals surface area contributed by atoms with Crippen molar-refractivity contribution in [2.45, 2.75) is 53.4 Å². The van der Waals surface area contributed by atoms with E-state index in [4.69, 9.17) is 21.7 Å². The zero-order chi connectivity index (χ0) is 33.4. The highest BCUT2D eigenvalue weighted by Gasteiger charge is 2.17. The standard InChI is InChI=1S/2C17H18N2.C4H4O4/c2*1-11-3-4-12(2)16-9-13(5-6-15(11)16)17-10-14(18)7-8-19-17;5-3(6)1-2-4(7)8/h2*3-4,7-10H,5-6H2,1-2H3,(H2,18,19);1-2H,(H,5,6)(H,7,8)/b;;2-1+. The molecule has 0 amide bonds. The number of hydrogen-bond donors (Lipinski definition) is 4. The Morgan fingerprint density at radius 2 is 0.978 bits per heavy atom. The Balaban J connectivity index is 0.000000170. The van der Waals surface area contributed by atoms with E-state index in [0.29, 0.717) is 12.2 Å². The molecule has 2 heterocycles. The second-order valence-corrected chi connectivity index (χ2v) is 11.5. The van der Waals surface area contributed by atoms with Crippen LogP contribution < -0.4 is 11.5 Å². The molecule has 0 bridgehead atoms. The Bertz CT molecular complexity index is 1740. The van der Waals surface area contributed by atoms with Gasteiger partial charge in [-0.15, -0.1) is 0 Å². The lowest BCUT2D eigenvalue weighted by Crippen LogP contribution is -2.04. The maximum atomic E-state index is 9.55. The van der Waals surface area contributed by atoms with E-state index in [2.05, 4.69) is 74.1 Å². The van der Waals surface area contributed by atoms with Crippen molar-refractivity contribution in [1.29, 1.82) is 0 Å². The Morgan fingerprint density at radius 3 is 1.33 bits per heavy atom. The molecule has 0 fully saturated rings. The first kappa shape index (κ1) is 33.4. The van der Waals surface area contributed by atoms with Gasteiger partial charge in [0.25, 0.3) is 0 Å². The summed E-state index contributed by atoms with van der Waals surface area (Å²) < 4.78 is 0. The molecule has 8 nitrogen and oxygen atoms in total. The maximum absolute atomic E-state index is 9.55. The number of carboxylic acid groups (broad SMARTS) is 2. The van der Waals surface area contributed by atoms with Crippen LogP contribution in [0.25, 0.3) is 23.3 Å². The molecule has 6 rings (SSSR count). The SMILES string of the molecule is Cc1ccc(C)c2c1C=C(c1cc(N)ccn1)CC2.Cc1ccc(C)c2c1C=C(c1cc(N)ccn1)CC2.O=C(O)/C=C/C(=O)O. The molecule has 0 radical (unpaired) electrons. The molecular formula is C38H40N4O4. The van der Waals surface area contributed by atoms with Crippen molar-refractivity contribution in [3.05, 3.63) is 129 Å². The number of aromatic nitrogens is 2. The summed E-state index contributed by atoms with van der Waals surface area (Å²) in [5.74, 6) is -2.51. The lowest BCUT2D eigenvalue weighted by Gasteiger charge is -2.20. The van der Waals surface area contributed by atoms with E-state index in [1.165, 1.54) is 55.7 Å². The van der Waals surface area contributed by atoms with Gasteiger partial charge in [0.05, 0.1) is 11.4 Å². The van der Waals surface area contributed by atoms with Gasteiger partial charge in [-0.25, -0.2) is 9.59 Å². The molecule has 0 spiro atoms. The summed E-state index contributed by atoms with van der Waals surface area (Å²) in [6.07, 6.45) is 13.5. The van der Waals surface area contributed by atoms with Crippen LogP contribution >= 0.6 is 0 Å². The summed E-state index contributed by atoms with van der Waals surface area (Å²) in [6.45, 7) is 8.72. The monoisotopic (exact) mass is 616 g/mol. The zero-order valence-corrected chi connectivity index (χ0v) is 26.7. The molecule has 2 aliphatic rings. The van der Waals surface area contributed by atoms with Gasteiger partial charge in [-0.05, 0) is 145 Å². The first-order valence-corrected chi connectivity index (χ1v) is 15.1. The number of benzene rings is 2. The number of nitrogen functional groups attached to an aromatic ring is 2. The van der Waals surface area contributed by atoms with Gasteiger partial charge in [0, 0.05) is 35.9 Å². The van der Waals surface area contributed by atoms with Gasteiger partial charge >= 0.3 is 11.9 Å². The fraction of sp³-hybridized carbons (Fsp3) is 0.211. The molecule has 0 saturated carbocycles. The Hall–Kier alpha value is -5.50. The third-order valence-electron chi connectivity index (χ3n) is 8.14. The number of rotatable bonds is 4. The summed E-state index contributed by atoms with van der Waals surface area (Å²) in [5, 5.41) is 15.6. The second kappa shape index (κ2) is 15.0. The van der Waals surface area contributed by atoms with Crippen molar-refractivity contribution in [1.82, 2.24) is 9.97 Å². The number of allylic oxidation sites excluding steroid dienone is 2. The fourth-order valence-electron chi connectivity index (χ4n) is 5.65. The number of aliphatic carboxylic acids is 2. The third-order valence-corrected chi connectivity index (χ3v) is 8.14. The van der Waals surface area contributed by atoms with Gasteiger partial charge in [-0.1, -0.05) is 24.3 Å². The average molecular weight is 617 g/mol. The van der Waals surface area contributed by atoms with E-state index in [1.807, 2.05) is 24.3 Å². The molecule has 0 aliphatic heterocycles. The van der Waals surface area contributed by atoms with Gasteiger partial charge in [-0.2, -0.15) is 0 Å². The van der Waals surface area contributed by atoms with Crippen molar-refractivity contribution < 1.29 is 19.8 Å². The van der Waals surface area contributed by atoms with Crippen LogP contribution in [0.1, 0.15) is 68.7 Å². The molecule has 0 saturated heterocycles. The van der Waals surface area contributed by atoms with E-state index in [-0.39, 0.29) is 0 Å². The largest absolute Gasteiger partial charge is 0.478 e. The normalized spacial score (nSPS) is 13.1. The minimum absolute atomic E-state index is 0.558. The van der Waals surface area contributed by atoms with Crippen molar-refractivity contribution >= 4 is 46.6 Å². The first-order chi connectivity index (χ1) is 21.9. The van der Waals surface area contributed by atoms with E-state index < -0.39 is 11.9 Å². The molecule has 46 heavy (non-hydrogen) atoms. The van der Waals surface area contributed by atoms with E-state index in [9.17, 15) is 9.59 Å². The number of hydrogen-bond acceptors (Lipinski definition) is 6. The predicted octanol–water partition coefficient (Wildman–Crippen LogP) is 7.25. The van der Waals surface area contributed by atoms with Crippen molar-refractivity contribution in [3.8, 4) is 0 Å². The van der Waals surface area contributed by atoms with Gasteiger partial charge in [0.1, 0.15) is 0 Å². The maximum Gasteiger partial charge on any atom is 0.328 e. The molecular weight excluding hydrogens is 576 g/mol. The van der Waals surface area contributed by atoms with Crippen LogP contribution in [0.3, 0.4) is 0 Å². The summed E-state index contributed by atoms with van der Waals surface area (Å²) in [7, 11) is 0. The van der Waals surface area contributed by atoms with Crippen molar-refractivity contribution in [2.75, 3.05) is 11.5 Å². The zero-order valence-electron chi connectivity index (χ0n) is 26.7. The van der Waals surface area contributed by atoms with Gasteiger partial charge < -0.3 is 21.7 Å². The molecule has 8 heteroatoms. The van der Waals surface area contributed by atoms with Gasteiger partial charge in [-0.3, -0.25) is 9.97 Å². The summed E-state index contributed by atoms with van der Waals surface area (Å²) in [5.41, 5.74) is 29.0. The summed E-state index contributed by atoms with van der Waals surface area (Å²) in [4.78, 5) is 28.0. The number of nitrogens with zero attached hydrogens (tertiary/aromatic N) is 2. The number of aryl methyl sites for hydroxylation is 4. The Labute approximate surface area is 269 Å². The van der Waals surface area contributed by atoms with Crippen LogP contribution in [0.15, 0.2) is 73.1 Å². The molecule has 2 aromatic heterocycles. The van der Waals surface area contributed by atoms with Crippen LogP contribution in [-0.2, 0) is 22.4 Å². The van der Waals surface area contributed by atoms with Gasteiger partial charge in [0.2, 0.25) is 0 Å². The highest BCUT2D eigenvalue weighted by molar-refractivity contribution is 5.89. The molecule has 2 aromatic carbocycles. The number of carboxylic acids is 2. The van der Waals surface area contributed by atoms with Crippen LogP contribution in [0, 0.1) is 27.7 Å². The quantitative estimate of drug-likeness (QED) is 0.175. The van der Waals surface area contributed by atoms with Crippen LogP contribution in [0.4, 0.5) is 11.4 Å². The number of fused-ring (bicyclic) bond motifs is 2. The predicted molar refractivity (Wildman–Crippen MR) is 186 cm³/mol. The Morgan fingerprint density at radius 1 is 0.609 bits per heavy atom. The molecule has 4 aromatic rings. The lowest BCUT2D eigenvalue weighted by molar-refractivity contribution is -0.134. The third kappa shape index (κ3) is 8.57. The van der Waals surface area contributed by atoms with E-state index in [0.717, 1.165) is 48.4 Å². The lowest BCUT2D eigenvalue weighted by atomic mass is 9.85. The number of carbonyl (C=O) groups is 2. The van der Waals surface area contributed by atoms with Crippen LogP contribution in [-0.4, -0.2) is 32.1 Å². The molecule has 0 atom stereocenters. The van der Waals surface area contributed by atoms with Gasteiger partial charge in [0.15, 0.2) is 0 Å². The van der Waals surface area contributed by atoms with E-state index in [1.54, 1.807) is 12.4 Å². The molecule has 236 valence electrons. The van der Waals surface area contributed by atoms with Crippen LogP contribution in [0.2, 0.25) is 0 Å². The fourth-order valence-corrected chi connectivity index (χ4v) is 5.65.